The molecule has 0 aromatic heterocycles. The summed E-state index contributed by atoms with van der Waals surface area (Å²) in [6.07, 6.45) is 3.59. The molecule has 16 heavy (non-hydrogen) atoms. The van der Waals surface area contributed by atoms with Crippen LogP contribution in [0.25, 0.3) is 0 Å². The number of halogens is 1. The van der Waals surface area contributed by atoms with Crippen LogP contribution in [0.15, 0.2) is 33.7 Å². The zero-order valence-electron chi connectivity index (χ0n) is 9.54. The second-order valence-corrected chi connectivity index (χ2v) is 5.12. The van der Waals surface area contributed by atoms with E-state index in [1.165, 1.54) is 24.2 Å². The highest BCUT2D eigenvalue weighted by molar-refractivity contribution is 9.10. The molecule has 3 heteroatoms. The largest absolute Gasteiger partial charge is 0.367 e. The summed E-state index contributed by atoms with van der Waals surface area (Å²) in [5, 5.41) is 3.49. The van der Waals surface area contributed by atoms with Gasteiger partial charge in [0.05, 0.1) is 5.84 Å². The zero-order valence-corrected chi connectivity index (χ0v) is 11.1. The SMILES string of the molecule is CC(NC1=NCCCC1)c1cccc(Br)c1. The molecule has 0 amide bonds. The smallest absolute Gasteiger partial charge is 0.0967 e. The maximum absolute atomic E-state index is 4.51. The molecule has 2 rings (SSSR count). The second-order valence-electron chi connectivity index (χ2n) is 4.21. The molecule has 0 radical (unpaired) electrons. The third-order valence-corrected chi connectivity index (χ3v) is 3.35. The Morgan fingerprint density at radius 3 is 2.94 bits per heavy atom. The maximum atomic E-state index is 4.51. The lowest BCUT2D eigenvalue weighted by Crippen LogP contribution is -2.28. The van der Waals surface area contributed by atoms with Crippen LogP contribution < -0.4 is 5.32 Å². The van der Waals surface area contributed by atoms with Crippen LogP contribution in [0.3, 0.4) is 0 Å². The number of amidine groups is 1. The lowest BCUT2D eigenvalue weighted by Gasteiger charge is -2.20. The topological polar surface area (TPSA) is 24.4 Å². The highest BCUT2D eigenvalue weighted by Crippen LogP contribution is 2.18. The van der Waals surface area contributed by atoms with Crippen molar-refractivity contribution in [2.75, 3.05) is 6.54 Å². The highest BCUT2D eigenvalue weighted by Gasteiger charge is 2.10. The van der Waals surface area contributed by atoms with Crippen molar-refractivity contribution < 1.29 is 0 Å². The Bertz CT molecular complexity index is 387. The predicted molar refractivity (Wildman–Crippen MR) is 71.8 cm³/mol. The van der Waals surface area contributed by atoms with Crippen molar-refractivity contribution in [1.29, 1.82) is 0 Å². The van der Waals surface area contributed by atoms with Crippen molar-refractivity contribution in [1.82, 2.24) is 5.32 Å². The summed E-state index contributed by atoms with van der Waals surface area (Å²) in [7, 11) is 0. The van der Waals surface area contributed by atoms with Crippen LogP contribution in [0.2, 0.25) is 0 Å². The first-order chi connectivity index (χ1) is 7.75. The van der Waals surface area contributed by atoms with Gasteiger partial charge in [0, 0.05) is 23.5 Å². The Morgan fingerprint density at radius 2 is 2.25 bits per heavy atom. The summed E-state index contributed by atoms with van der Waals surface area (Å²) in [4.78, 5) is 4.51. The monoisotopic (exact) mass is 280 g/mol. The fourth-order valence-electron chi connectivity index (χ4n) is 1.92. The highest BCUT2D eigenvalue weighted by atomic mass is 79.9. The van der Waals surface area contributed by atoms with Crippen LogP contribution in [-0.4, -0.2) is 12.4 Å². The van der Waals surface area contributed by atoms with Gasteiger partial charge < -0.3 is 5.32 Å². The Morgan fingerprint density at radius 1 is 1.38 bits per heavy atom. The van der Waals surface area contributed by atoms with Gasteiger partial charge in [-0.15, -0.1) is 0 Å². The van der Waals surface area contributed by atoms with Crippen molar-refractivity contribution in [3.8, 4) is 0 Å². The van der Waals surface area contributed by atoms with Crippen LogP contribution in [-0.2, 0) is 0 Å². The normalized spacial score (nSPS) is 17.8. The van der Waals surface area contributed by atoms with E-state index in [4.69, 9.17) is 0 Å². The number of rotatable bonds is 2. The van der Waals surface area contributed by atoms with Crippen molar-refractivity contribution in [3.05, 3.63) is 34.3 Å². The standard InChI is InChI=1S/C13H17BrN2/c1-10(11-5-4-6-12(14)9-11)16-13-7-2-3-8-15-13/h4-6,9-10H,2-3,7-8H2,1H3,(H,15,16). The molecule has 1 unspecified atom stereocenters. The molecule has 1 aliphatic rings. The average molecular weight is 281 g/mol. The van der Waals surface area contributed by atoms with Gasteiger partial charge in [0.25, 0.3) is 0 Å². The average Bonchev–Trinajstić information content (AvgIpc) is 2.30. The fourth-order valence-corrected chi connectivity index (χ4v) is 2.34. The molecule has 0 bridgehead atoms. The summed E-state index contributed by atoms with van der Waals surface area (Å²) in [6, 6.07) is 8.75. The molecule has 0 saturated carbocycles. The van der Waals surface area contributed by atoms with E-state index >= 15 is 0 Å². The first-order valence-corrected chi connectivity index (χ1v) is 6.60. The quantitative estimate of drug-likeness (QED) is 0.878. The summed E-state index contributed by atoms with van der Waals surface area (Å²) < 4.78 is 1.13. The molecular formula is C13H17BrN2. The third-order valence-electron chi connectivity index (χ3n) is 2.86. The summed E-state index contributed by atoms with van der Waals surface area (Å²) in [6.45, 7) is 3.16. The number of hydrogen-bond donors (Lipinski definition) is 1. The minimum Gasteiger partial charge on any atom is -0.367 e. The molecule has 0 aliphatic carbocycles. The molecule has 0 spiro atoms. The van der Waals surface area contributed by atoms with Gasteiger partial charge in [-0.1, -0.05) is 28.1 Å². The lowest BCUT2D eigenvalue weighted by atomic mass is 10.1. The minimum absolute atomic E-state index is 0.328. The number of benzene rings is 1. The van der Waals surface area contributed by atoms with Crippen LogP contribution in [0.5, 0.6) is 0 Å². The maximum Gasteiger partial charge on any atom is 0.0967 e. The first-order valence-electron chi connectivity index (χ1n) is 5.81. The number of hydrogen-bond acceptors (Lipinski definition) is 2. The Labute approximate surface area is 105 Å². The van der Waals surface area contributed by atoms with Gasteiger partial charge in [-0.25, -0.2) is 0 Å². The van der Waals surface area contributed by atoms with Gasteiger partial charge in [-0.2, -0.15) is 0 Å². The molecule has 1 heterocycles. The van der Waals surface area contributed by atoms with Crippen molar-refractivity contribution in [2.45, 2.75) is 32.2 Å². The van der Waals surface area contributed by atoms with Gasteiger partial charge in [0.2, 0.25) is 0 Å². The van der Waals surface area contributed by atoms with E-state index in [1.54, 1.807) is 0 Å². The van der Waals surface area contributed by atoms with E-state index < -0.39 is 0 Å². The van der Waals surface area contributed by atoms with Crippen LogP contribution in [0.1, 0.15) is 37.8 Å². The molecule has 1 aromatic rings. The molecule has 1 N–H and O–H groups in total. The number of aliphatic imine (C=N–C) groups is 1. The van der Waals surface area contributed by atoms with E-state index in [1.807, 2.05) is 6.07 Å². The fraction of sp³-hybridized carbons (Fsp3) is 0.462. The van der Waals surface area contributed by atoms with Gasteiger partial charge in [-0.05, 0) is 37.5 Å². The Hall–Kier alpha value is -0.830. The van der Waals surface area contributed by atoms with Crippen molar-refractivity contribution in [3.63, 3.8) is 0 Å². The predicted octanol–water partition coefficient (Wildman–Crippen LogP) is 3.68. The summed E-state index contributed by atoms with van der Waals surface area (Å²) in [5.41, 5.74) is 1.29. The Kier molecular flexibility index (Phi) is 3.99. The molecule has 1 aliphatic heterocycles. The second kappa shape index (κ2) is 5.48. The minimum atomic E-state index is 0.328. The third kappa shape index (κ3) is 3.08. The molecule has 1 atom stereocenters. The number of nitrogens with one attached hydrogen (secondary N) is 1. The molecule has 2 nitrogen and oxygen atoms in total. The van der Waals surface area contributed by atoms with E-state index in [0.717, 1.165) is 17.4 Å². The molecule has 86 valence electrons. The Balaban J connectivity index is 2.02. The summed E-state index contributed by atoms with van der Waals surface area (Å²) >= 11 is 3.50. The van der Waals surface area contributed by atoms with Crippen molar-refractivity contribution >= 4 is 21.8 Å². The van der Waals surface area contributed by atoms with Gasteiger partial charge in [0.1, 0.15) is 0 Å². The van der Waals surface area contributed by atoms with E-state index in [0.29, 0.717) is 6.04 Å². The van der Waals surface area contributed by atoms with Gasteiger partial charge in [-0.3, -0.25) is 4.99 Å². The van der Waals surface area contributed by atoms with E-state index in [-0.39, 0.29) is 0 Å². The molecule has 0 saturated heterocycles. The van der Waals surface area contributed by atoms with Gasteiger partial charge >= 0.3 is 0 Å². The van der Waals surface area contributed by atoms with E-state index in [2.05, 4.69) is 51.4 Å². The van der Waals surface area contributed by atoms with Crippen LogP contribution >= 0.6 is 15.9 Å². The van der Waals surface area contributed by atoms with Crippen molar-refractivity contribution in [2.24, 2.45) is 4.99 Å². The van der Waals surface area contributed by atoms with E-state index in [9.17, 15) is 0 Å². The molecule has 1 aromatic carbocycles. The first kappa shape index (κ1) is 11.6. The van der Waals surface area contributed by atoms with Crippen LogP contribution in [0.4, 0.5) is 0 Å². The summed E-state index contributed by atoms with van der Waals surface area (Å²) in [5.74, 6) is 1.17. The van der Waals surface area contributed by atoms with Crippen LogP contribution in [0, 0.1) is 0 Å². The number of nitrogens with zero attached hydrogens (tertiary/aromatic N) is 1. The molecule has 0 fully saturated rings. The molecular weight excluding hydrogens is 264 g/mol. The zero-order chi connectivity index (χ0) is 11.4. The van der Waals surface area contributed by atoms with Gasteiger partial charge in [0.15, 0.2) is 0 Å². The lowest BCUT2D eigenvalue weighted by molar-refractivity contribution is 0.656.